The predicted molar refractivity (Wildman–Crippen MR) is 108 cm³/mol. The fourth-order valence-electron chi connectivity index (χ4n) is 4.10. The van der Waals surface area contributed by atoms with Crippen molar-refractivity contribution in [2.24, 2.45) is 0 Å². The third-order valence-corrected chi connectivity index (χ3v) is 6.12. The van der Waals surface area contributed by atoms with Gasteiger partial charge in [0, 0.05) is 30.0 Å². The molecule has 3 nitrogen and oxygen atoms in total. The summed E-state index contributed by atoms with van der Waals surface area (Å²) in [5, 5.41) is 0.904. The van der Waals surface area contributed by atoms with Crippen molar-refractivity contribution in [3.63, 3.8) is 0 Å². The zero-order chi connectivity index (χ0) is 19.1. The number of halogens is 2. The Hall–Kier alpha value is -2.10. The van der Waals surface area contributed by atoms with Crippen molar-refractivity contribution in [3.05, 3.63) is 74.9 Å². The first kappa shape index (κ1) is 18.3. The van der Waals surface area contributed by atoms with Crippen LogP contribution in [0.3, 0.4) is 0 Å². The number of benzene rings is 2. The molecule has 138 valence electrons. The van der Waals surface area contributed by atoms with Gasteiger partial charge in [-0.05, 0) is 49.1 Å². The molecule has 1 heterocycles. The number of amides is 1. The number of para-hydroxylation sites is 1. The number of Topliss-reactive ketones (excluding diaryl/α,β-unsaturated/α-hetero) is 1. The summed E-state index contributed by atoms with van der Waals surface area (Å²) in [4.78, 5) is 27.8. The summed E-state index contributed by atoms with van der Waals surface area (Å²) in [6.07, 6.45) is 2.25. The van der Waals surface area contributed by atoms with Crippen LogP contribution in [-0.2, 0) is 9.59 Å². The molecule has 1 amide bonds. The minimum atomic E-state index is -0.268. The Morgan fingerprint density at radius 2 is 1.78 bits per heavy atom. The molecule has 27 heavy (non-hydrogen) atoms. The van der Waals surface area contributed by atoms with Crippen molar-refractivity contribution in [2.45, 2.75) is 38.5 Å². The Morgan fingerprint density at radius 3 is 2.52 bits per heavy atom. The SMILES string of the molecule is Cc1ccccc1N1C(=O)CC(c2ccc(Cl)c(Cl)c2)C2=C1CCCC2=O. The number of allylic oxidation sites excluding steroid dienone is 2. The van der Waals surface area contributed by atoms with E-state index in [0.717, 1.165) is 40.9 Å². The van der Waals surface area contributed by atoms with E-state index in [9.17, 15) is 9.59 Å². The topological polar surface area (TPSA) is 37.4 Å². The Bertz CT molecular complexity index is 980. The lowest BCUT2D eigenvalue weighted by Crippen LogP contribution is -2.40. The summed E-state index contributed by atoms with van der Waals surface area (Å²) in [7, 11) is 0. The normalized spacial score (nSPS) is 20.1. The van der Waals surface area contributed by atoms with Crippen molar-refractivity contribution >= 4 is 40.6 Å². The first-order valence-electron chi connectivity index (χ1n) is 9.07. The van der Waals surface area contributed by atoms with Gasteiger partial charge in [-0.2, -0.15) is 0 Å². The van der Waals surface area contributed by atoms with E-state index in [1.165, 1.54) is 0 Å². The van der Waals surface area contributed by atoms with Crippen molar-refractivity contribution in [3.8, 4) is 0 Å². The highest BCUT2D eigenvalue weighted by Gasteiger charge is 2.40. The molecule has 1 aliphatic carbocycles. The van der Waals surface area contributed by atoms with E-state index in [0.29, 0.717) is 16.5 Å². The number of carbonyl (C=O) groups is 2. The number of hydrogen-bond donors (Lipinski definition) is 0. The van der Waals surface area contributed by atoms with Gasteiger partial charge < -0.3 is 0 Å². The average molecular weight is 400 g/mol. The molecule has 0 radical (unpaired) electrons. The van der Waals surface area contributed by atoms with E-state index in [2.05, 4.69) is 0 Å². The van der Waals surface area contributed by atoms with Crippen LogP contribution in [0.15, 0.2) is 53.7 Å². The van der Waals surface area contributed by atoms with Crippen LogP contribution in [-0.4, -0.2) is 11.7 Å². The van der Waals surface area contributed by atoms with Gasteiger partial charge in [0.1, 0.15) is 0 Å². The quantitative estimate of drug-likeness (QED) is 0.636. The second-order valence-corrected chi connectivity index (χ2v) is 7.90. The van der Waals surface area contributed by atoms with Crippen LogP contribution in [0.1, 0.15) is 42.7 Å². The molecule has 2 aromatic rings. The Kier molecular flexibility index (Phi) is 4.83. The highest BCUT2D eigenvalue weighted by Crippen LogP contribution is 2.44. The minimum absolute atomic E-state index is 0.00817. The second-order valence-electron chi connectivity index (χ2n) is 7.08. The van der Waals surface area contributed by atoms with Crippen LogP contribution >= 0.6 is 23.2 Å². The fraction of sp³-hybridized carbons (Fsp3) is 0.273. The zero-order valence-electron chi connectivity index (χ0n) is 15.0. The Balaban J connectivity index is 1.88. The van der Waals surface area contributed by atoms with Gasteiger partial charge in [-0.15, -0.1) is 0 Å². The maximum Gasteiger partial charge on any atom is 0.232 e. The first-order chi connectivity index (χ1) is 13.0. The van der Waals surface area contributed by atoms with Gasteiger partial charge >= 0.3 is 0 Å². The molecule has 4 rings (SSSR count). The molecule has 1 aliphatic heterocycles. The molecule has 0 fully saturated rings. The standard InChI is InChI=1S/C22H19Cl2NO2/c1-13-5-2-3-6-18(13)25-19-7-4-8-20(26)22(19)15(12-21(25)27)14-9-10-16(23)17(24)11-14/h2-3,5-6,9-11,15H,4,7-8,12H2,1H3. The molecule has 2 aromatic carbocycles. The van der Waals surface area contributed by atoms with E-state index in [1.54, 1.807) is 17.0 Å². The highest BCUT2D eigenvalue weighted by atomic mass is 35.5. The number of ketones is 1. The lowest BCUT2D eigenvalue weighted by atomic mass is 9.77. The van der Waals surface area contributed by atoms with Crippen LogP contribution in [0.2, 0.25) is 10.0 Å². The van der Waals surface area contributed by atoms with Crippen LogP contribution in [0.5, 0.6) is 0 Å². The van der Waals surface area contributed by atoms with E-state index in [1.807, 2.05) is 37.3 Å². The second kappa shape index (κ2) is 7.14. The van der Waals surface area contributed by atoms with Crippen LogP contribution in [0, 0.1) is 6.92 Å². The van der Waals surface area contributed by atoms with E-state index in [-0.39, 0.29) is 24.0 Å². The predicted octanol–water partition coefficient (Wildman–Crippen LogP) is 5.83. The maximum absolute atomic E-state index is 13.2. The molecule has 0 saturated heterocycles. The monoisotopic (exact) mass is 399 g/mol. The summed E-state index contributed by atoms with van der Waals surface area (Å²) in [5.41, 5.74) is 4.33. The molecule has 5 heteroatoms. The molecule has 1 unspecified atom stereocenters. The molecule has 0 spiro atoms. The van der Waals surface area contributed by atoms with Gasteiger partial charge in [-0.1, -0.05) is 47.5 Å². The number of aryl methyl sites for hydroxylation is 1. The van der Waals surface area contributed by atoms with E-state index >= 15 is 0 Å². The number of nitrogens with zero attached hydrogens (tertiary/aromatic N) is 1. The first-order valence-corrected chi connectivity index (χ1v) is 9.82. The molecule has 0 saturated carbocycles. The number of carbonyl (C=O) groups excluding carboxylic acids is 2. The summed E-state index contributed by atoms with van der Waals surface area (Å²) in [6, 6.07) is 13.2. The molecule has 0 aromatic heterocycles. The Labute approximate surface area is 168 Å². The maximum atomic E-state index is 13.2. The number of hydrogen-bond acceptors (Lipinski definition) is 2. The van der Waals surface area contributed by atoms with Gasteiger partial charge in [0.05, 0.1) is 15.7 Å². The van der Waals surface area contributed by atoms with Crippen molar-refractivity contribution in [1.29, 1.82) is 0 Å². The number of anilines is 1. The molecule has 0 bridgehead atoms. The van der Waals surface area contributed by atoms with Crippen molar-refractivity contribution < 1.29 is 9.59 Å². The van der Waals surface area contributed by atoms with Gasteiger partial charge in [0.15, 0.2) is 5.78 Å². The van der Waals surface area contributed by atoms with Crippen molar-refractivity contribution in [1.82, 2.24) is 0 Å². The zero-order valence-corrected chi connectivity index (χ0v) is 16.5. The van der Waals surface area contributed by atoms with E-state index < -0.39 is 0 Å². The van der Waals surface area contributed by atoms with Crippen molar-refractivity contribution in [2.75, 3.05) is 4.90 Å². The summed E-state index contributed by atoms with van der Waals surface area (Å²) in [6.45, 7) is 1.98. The van der Waals surface area contributed by atoms with Crippen LogP contribution in [0.25, 0.3) is 0 Å². The highest BCUT2D eigenvalue weighted by molar-refractivity contribution is 6.42. The lowest BCUT2D eigenvalue weighted by molar-refractivity contribution is -0.119. The van der Waals surface area contributed by atoms with Gasteiger partial charge in [-0.3, -0.25) is 14.5 Å². The minimum Gasteiger partial charge on any atom is -0.294 e. The smallest absolute Gasteiger partial charge is 0.232 e. The molecule has 0 N–H and O–H groups in total. The largest absolute Gasteiger partial charge is 0.294 e. The van der Waals surface area contributed by atoms with Crippen LogP contribution < -0.4 is 4.90 Å². The fourth-order valence-corrected chi connectivity index (χ4v) is 4.41. The Morgan fingerprint density at radius 1 is 1.00 bits per heavy atom. The van der Waals surface area contributed by atoms with Gasteiger partial charge in [0.2, 0.25) is 5.91 Å². The molecule has 1 atom stereocenters. The van der Waals surface area contributed by atoms with Gasteiger partial charge in [-0.25, -0.2) is 0 Å². The number of rotatable bonds is 2. The summed E-state index contributed by atoms with van der Waals surface area (Å²) in [5.74, 6) is -0.137. The van der Waals surface area contributed by atoms with Gasteiger partial charge in [0.25, 0.3) is 0 Å². The third kappa shape index (κ3) is 3.19. The summed E-state index contributed by atoms with van der Waals surface area (Å²) >= 11 is 12.2. The molecular formula is C22H19Cl2NO2. The summed E-state index contributed by atoms with van der Waals surface area (Å²) < 4.78 is 0. The van der Waals surface area contributed by atoms with E-state index in [4.69, 9.17) is 23.2 Å². The van der Waals surface area contributed by atoms with Crippen LogP contribution in [0.4, 0.5) is 5.69 Å². The third-order valence-electron chi connectivity index (χ3n) is 5.38. The lowest BCUT2D eigenvalue weighted by Gasteiger charge is -2.39. The molecule has 2 aliphatic rings. The molecular weight excluding hydrogens is 381 g/mol. The average Bonchev–Trinajstić information content (AvgIpc) is 2.64.